The summed E-state index contributed by atoms with van der Waals surface area (Å²) in [6.45, 7) is 0. The maximum absolute atomic E-state index is 12.5. The molecule has 4 nitrogen and oxygen atoms in total. The van der Waals surface area contributed by atoms with E-state index < -0.39 is 0 Å². The van der Waals surface area contributed by atoms with Crippen molar-refractivity contribution < 1.29 is 9.21 Å². The third-order valence-electron chi connectivity index (χ3n) is 3.90. The number of hydrogen-bond acceptors (Lipinski definition) is 4. The van der Waals surface area contributed by atoms with E-state index in [4.69, 9.17) is 27.6 Å². The molecule has 1 amide bonds. The first-order chi connectivity index (χ1) is 13.5. The maximum atomic E-state index is 12.5. The molecule has 0 radical (unpaired) electrons. The lowest BCUT2D eigenvalue weighted by molar-refractivity contribution is 0.0997. The van der Waals surface area contributed by atoms with Gasteiger partial charge in [0.2, 0.25) is 0 Å². The molecule has 0 spiro atoms. The molecule has 140 valence electrons. The van der Waals surface area contributed by atoms with Crippen LogP contribution in [-0.4, -0.2) is 10.9 Å². The Morgan fingerprint density at radius 1 is 1.00 bits per heavy atom. The number of carbonyl (C=O) groups is 1. The highest BCUT2D eigenvalue weighted by molar-refractivity contribution is 9.10. The summed E-state index contributed by atoms with van der Waals surface area (Å²) in [5, 5.41) is 6.03. The summed E-state index contributed by atoms with van der Waals surface area (Å²) in [4.78, 5) is 16.9. The molecular weight excluding hydrogens is 483 g/mol. The maximum Gasteiger partial charge on any atom is 0.293 e. The van der Waals surface area contributed by atoms with Crippen molar-refractivity contribution in [2.24, 2.45) is 0 Å². The Kier molecular flexibility index (Phi) is 5.55. The third kappa shape index (κ3) is 4.15. The van der Waals surface area contributed by atoms with Crippen LogP contribution in [-0.2, 0) is 0 Å². The predicted octanol–water partition coefficient (Wildman–Crippen LogP) is 7.39. The number of benzene rings is 2. The van der Waals surface area contributed by atoms with Gasteiger partial charge in [-0.25, -0.2) is 4.98 Å². The zero-order valence-electron chi connectivity index (χ0n) is 14.1. The van der Waals surface area contributed by atoms with Crippen LogP contribution in [0.1, 0.15) is 10.6 Å². The van der Waals surface area contributed by atoms with E-state index in [0.29, 0.717) is 20.9 Å². The summed E-state index contributed by atoms with van der Waals surface area (Å²) >= 11 is 16.7. The summed E-state index contributed by atoms with van der Waals surface area (Å²) in [6, 6.07) is 16.3. The molecule has 2 aromatic heterocycles. The third-order valence-corrected chi connectivity index (χ3v) is 5.92. The number of anilines is 1. The molecule has 0 bridgehead atoms. The Morgan fingerprint density at radius 2 is 1.75 bits per heavy atom. The minimum Gasteiger partial charge on any atom is -0.451 e. The molecule has 0 aliphatic carbocycles. The van der Waals surface area contributed by atoms with Gasteiger partial charge in [0.15, 0.2) is 10.9 Å². The van der Waals surface area contributed by atoms with E-state index in [9.17, 15) is 4.79 Å². The fourth-order valence-corrected chi connectivity index (χ4v) is 3.78. The average Bonchev–Trinajstić information content (AvgIpc) is 3.34. The van der Waals surface area contributed by atoms with Gasteiger partial charge >= 0.3 is 0 Å². The average molecular weight is 494 g/mol. The second kappa shape index (κ2) is 8.09. The molecule has 8 heteroatoms. The van der Waals surface area contributed by atoms with Crippen LogP contribution in [0.2, 0.25) is 10.0 Å². The van der Waals surface area contributed by atoms with Gasteiger partial charge in [0.25, 0.3) is 5.91 Å². The van der Waals surface area contributed by atoms with Crippen molar-refractivity contribution in [3.05, 3.63) is 80.3 Å². The first kappa shape index (κ1) is 19.2. The first-order valence-corrected chi connectivity index (χ1v) is 10.5. The smallest absolute Gasteiger partial charge is 0.293 e. The molecular formula is C20H11BrCl2N2O2S. The van der Waals surface area contributed by atoms with Crippen LogP contribution in [0.15, 0.2) is 68.9 Å². The molecule has 0 fully saturated rings. The van der Waals surface area contributed by atoms with E-state index in [1.54, 1.807) is 30.3 Å². The van der Waals surface area contributed by atoms with Crippen LogP contribution >= 0.6 is 50.5 Å². The highest BCUT2D eigenvalue weighted by Crippen LogP contribution is 2.30. The van der Waals surface area contributed by atoms with Crippen molar-refractivity contribution in [3.8, 4) is 22.6 Å². The molecule has 0 aliphatic rings. The molecule has 0 saturated carbocycles. The lowest BCUT2D eigenvalue weighted by Gasteiger charge is -2.01. The molecule has 0 atom stereocenters. The number of carbonyl (C=O) groups excluding carboxylic acids is 1. The minimum absolute atomic E-state index is 0.182. The SMILES string of the molecule is O=C(Nc1nc(-c2ccc(Br)cc2)cs1)c1ccc(-c2ccc(Cl)c(Cl)c2)o1. The quantitative estimate of drug-likeness (QED) is 0.322. The normalized spacial score (nSPS) is 10.8. The van der Waals surface area contributed by atoms with Crippen LogP contribution in [0.4, 0.5) is 5.13 Å². The minimum atomic E-state index is -0.372. The number of amides is 1. The van der Waals surface area contributed by atoms with Gasteiger partial charge in [-0.3, -0.25) is 10.1 Å². The van der Waals surface area contributed by atoms with E-state index in [0.717, 1.165) is 21.3 Å². The fraction of sp³-hybridized carbons (Fsp3) is 0. The van der Waals surface area contributed by atoms with Gasteiger partial charge in [0, 0.05) is 21.0 Å². The second-order valence-corrected chi connectivity index (χ2v) is 8.38. The molecule has 28 heavy (non-hydrogen) atoms. The Balaban J connectivity index is 1.49. The van der Waals surface area contributed by atoms with Gasteiger partial charge in [-0.15, -0.1) is 11.3 Å². The van der Waals surface area contributed by atoms with Crippen molar-refractivity contribution in [3.63, 3.8) is 0 Å². The summed E-state index contributed by atoms with van der Waals surface area (Å²) < 4.78 is 6.66. The monoisotopic (exact) mass is 492 g/mol. The van der Waals surface area contributed by atoms with Crippen LogP contribution in [0.3, 0.4) is 0 Å². The summed E-state index contributed by atoms with van der Waals surface area (Å²) in [5.74, 6) is 0.336. The Bertz CT molecular complexity index is 1160. The summed E-state index contributed by atoms with van der Waals surface area (Å²) in [6.07, 6.45) is 0. The van der Waals surface area contributed by atoms with Gasteiger partial charge in [-0.1, -0.05) is 51.3 Å². The molecule has 4 rings (SSSR count). The largest absolute Gasteiger partial charge is 0.451 e. The van der Waals surface area contributed by atoms with Crippen molar-refractivity contribution in [2.75, 3.05) is 5.32 Å². The number of furan rings is 1. The number of nitrogens with one attached hydrogen (secondary N) is 1. The summed E-state index contributed by atoms with van der Waals surface area (Å²) in [5.41, 5.74) is 2.50. The zero-order chi connectivity index (χ0) is 19.7. The molecule has 2 heterocycles. The Labute approximate surface area is 183 Å². The molecule has 4 aromatic rings. The zero-order valence-corrected chi connectivity index (χ0v) is 18.0. The number of nitrogens with zero attached hydrogens (tertiary/aromatic N) is 1. The van der Waals surface area contributed by atoms with Gasteiger partial charge in [-0.05, 0) is 42.5 Å². The number of halogens is 3. The van der Waals surface area contributed by atoms with Crippen LogP contribution < -0.4 is 5.32 Å². The Morgan fingerprint density at radius 3 is 2.50 bits per heavy atom. The second-order valence-electron chi connectivity index (χ2n) is 5.79. The summed E-state index contributed by atoms with van der Waals surface area (Å²) in [7, 11) is 0. The molecule has 0 unspecified atom stereocenters. The predicted molar refractivity (Wildman–Crippen MR) is 117 cm³/mol. The van der Waals surface area contributed by atoms with Crippen molar-refractivity contribution >= 4 is 61.5 Å². The molecule has 0 aliphatic heterocycles. The van der Waals surface area contributed by atoms with Gasteiger partial charge in [0.1, 0.15) is 5.76 Å². The van der Waals surface area contributed by atoms with Gasteiger partial charge in [-0.2, -0.15) is 0 Å². The van der Waals surface area contributed by atoms with Crippen molar-refractivity contribution in [2.45, 2.75) is 0 Å². The lowest BCUT2D eigenvalue weighted by atomic mass is 10.2. The number of thiazole rings is 1. The molecule has 1 N–H and O–H groups in total. The van der Waals surface area contributed by atoms with Crippen LogP contribution in [0, 0.1) is 0 Å². The standard InChI is InChI=1S/C20H11BrCl2N2O2S/c21-13-4-1-11(2-5-13)16-10-28-20(24-16)25-19(26)18-8-7-17(27-18)12-3-6-14(22)15(23)9-12/h1-10H,(H,24,25,26). The molecule has 2 aromatic carbocycles. The highest BCUT2D eigenvalue weighted by atomic mass is 79.9. The van der Waals surface area contributed by atoms with E-state index in [1.807, 2.05) is 29.6 Å². The lowest BCUT2D eigenvalue weighted by Crippen LogP contribution is -2.10. The van der Waals surface area contributed by atoms with E-state index in [1.165, 1.54) is 11.3 Å². The number of aromatic nitrogens is 1. The molecule has 0 saturated heterocycles. The fourth-order valence-electron chi connectivity index (χ4n) is 2.51. The van der Waals surface area contributed by atoms with E-state index >= 15 is 0 Å². The first-order valence-electron chi connectivity index (χ1n) is 8.08. The van der Waals surface area contributed by atoms with Crippen LogP contribution in [0.5, 0.6) is 0 Å². The van der Waals surface area contributed by atoms with Crippen molar-refractivity contribution in [1.29, 1.82) is 0 Å². The Hall–Kier alpha value is -2.12. The number of rotatable bonds is 4. The van der Waals surface area contributed by atoms with Crippen LogP contribution in [0.25, 0.3) is 22.6 Å². The van der Waals surface area contributed by atoms with E-state index in [-0.39, 0.29) is 11.7 Å². The van der Waals surface area contributed by atoms with Crippen molar-refractivity contribution in [1.82, 2.24) is 4.98 Å². The number of hydrogen-bond donors (Lipinski definition) is 1. The van der Waals surface area contributed by atoms with Gasteiger partial charge in [0.05, 0.1) is 15.7 Å². The highest BCUT2D eigenvalue weighted by Gasteiger charge is 2.15. The van der Waals surface area contributed by atoms with E-state index in [2.05, 4.69) is 26.2 Å². The topological polar surface area (TPSA) is 55.1 Å². The van der Waals surface area contributed by atoms with Gasteiger partial charge < -0.3 is 4.42 Å².